The highest BCUT2D eigenvalue weighted by atomic mass is 16.4. The number of aliphatic carboxylic acids is 1. The normalized spacial score (nSPS) is 21.6. The van der Waals surface area contributed by atoms with Crippen LogP contribution in [0.2, 0.25) is 0 Å². The summed E-state index contributed by atoms with van der Waals surface area (Å²) in [5.74, 6) is -1.54. The highest BCUT2D eigenvalue weighted by molar-refractivity contribution is 5.89. The fourth-order valence-corrected chi connectivity index (χ4v) is 1.78. The Hall–Kier alpha value is -1.79. The van der Waals surface area contributed by atoms with E-state index in [0.717, 1.165) is 0 Å². The van der Waals surface area contributed by atoms with Crippen molar-refractivity contribution < 1.29 is 24.6 Å². The number of rotatable bonds is 3. The number of nitrogens with zero attached hydrogens (tertiary/aromatic N) is 1. The minimum absolute atomic E-state index is 0.363. The van der Waals surface area contributed by atoms with Crippen LogP contribution in [0.5, 0.6) is 0 Å². The molecule has 7 nitrogen and oxygen atoms in total. The van der Waals surface area contributed by atoms with Crippen LogP contribution in [0.1, 0.15) is 19.8 Å². The molecule has 0 spiro atoms. The SMILES string of the molecule is CC(NC(=O)O)C(=O)N1CCCC1C(=O)O. The molecule has 0 bridgehead atoms. The van der Waals surface area contributed by atoms with Gasteiger partial charge in [-0.2, -0.15) is 0 Å². The fraction of sp³-hybridized carbons (Fsp3) is 0.667. The van der Waals surface area contributed by atoms with Crippen LogP contribution in [-0.4, -0.2) is 51.7 Å². The van der Waals surface area contributed by atoms with Crippen LogP contribution in [0.15, 0.2) is 0 Å². The molecule has 0 aromatic heterocycles. The fourth-order valence-electron chi connectivity index (χ4n) is 1.78. The van der Waals surface area contributed by atoms with Gasteiger partial charge in [0, 0.05) is 6.54 Å². The summed E-state index contributed by atoms with van der Waals surface area (Å²) in [6.07, 6.45) is -0.254. The molecule has 0 aliphatic carbocycles. The summed E-state index contributed by atoms with van der Waals surface area (Å²) in [4.78, 5) is 34.1. The highest BCUT2D eigenvalue weighted by Gasteiger charge is 2.36. The van der Waals surface area contributed by atoms with Crippen molar-refractivity contribution in [3.63, 3.8) is 0 Å². The van der Waals surface area contributed by atoms with E-state index in [1.54, 1.807) is 0 Å². The summed E-state index contributed by atoms with van der Waals surface area (Å²) >= 11 is 0. The van der Waals surface area contributed by atoms with Gasteiger partial charge in [0.1, 0.15) is 12.1 Å². The maximum Gasteiger partial charge on any atom is 0.405 e. The summed E-state index contributed by atoms with van der Waals surface area (Å²) in [7, 11) is 0. The Labute approximate surface area is 92.0 Å². The number of hydrogen-bond donors (Lipinski definition) is 3. The van der Waals surface area contributed by atoms with E-state index in [4.69, 9.17) is 10.2 Å². The second-order valence-electron chi connectivity index (χ2n) is 3.70. The van der Waals surface area contributed by atoms with Gasteiger partial charge in [0.25, 0.3) is 0 Å². The molecule has 0 radical (unpaired) electrons. The molecule has 90 valence electrons. The minimum atomic E-state index is -1.30. The second kappa shape index (κ2) is 4.82. The van der Waals surface area contributed by atoms with Crippen LogP contribution in [0, 0.1) is 0 Å². The Kier molecular flexibility index (Phi) is 3.70. The van der Waals surface area contributed by atoms with Crippen molar-refractivity contribution in [2.75, 3.05) is 6.54 Å². The summed E-state index contributed by atoms with van der Waals surface area (Å²) < 4.78 is 0. The Bertz CT molecular complexity index is 317. The van der Waals surface area contributed by atoms with Crippen molar-refractivity contribution in [3.05, 3.63) is 0 Å². The summed E-state index contributed by atoms with van der Waals surface area (Å²) in [6, 6.07) is -1.75. The predicted octanol–water partition coefficient (Wildman–Crippen LogP) is -0.282. The van der Waals surface area contributed by atoms with Crippen molar-refractivity contribution in [3.8, 4) is 0 Å². The standard InChI is InChI=1S/C9H14N2O5/c1-5(10-9(15)16)7(12)11-4-2-3-6(11)8(13)14/h5-6,10H,2-4H2,1H3,(H,13,14)(H,15,16). The van der Waals surface area contributed by atoms with E-state index < -0.39 is 30.1 Å². The molecule has 1 heterocycles. The molecular formula is C9H14N2O5. The van der Waals surface area contributed by atoms with Crippen LogP contribution in [0.4, 0.5) is 4.79 Å². The lowest BCUT2D eigenvalue weighted by Crippen LogP contribution is -2.50. The van der Waals surface area contributed by atoms with Gasteiger partial charge in [-0.3, -0.25) is 4.79 Å². The monoisotopic (exact) mass is 230 g/mol. The molecule has 1 saturated heterocycles. The first kappa shape index (κ1) is 12.3. The number of nitrogens with one attached hydrogen (secondary N) is 1. The van der Waals surface area contributed by atoms with Crippen LogP contribution in [0.3, 0.4) is 0 Å². The third kappa shape index (κ3) is 2.62. The minimum Gasteiger partial charge on any atom is -0.480 e. The van der Waals surface area contributed by atoms with Gasteiger partial charge in [0.05, 0.1) is 0 Å². The van der Waals surface area contributed by atoms with Crippen molar-refractivity contribution in [1.82, 2.24) is 10.2 Å². The lowest BCUT2D eigenvalue weighted by molar-refractivity contribution is -0.148. The Balaban J connectivity index is 2.65. The molecule has 0 aromatic carbocycles. The van der Waals surface area contributed by atoms with Crippen LogP contribution < -0.4 is 5.32 Å². The molecule has 3 N–H and O–H groups in total. The third-order valence-corrected chi connectivity index (χ3v) is 2.53. The molecule has 1 aliphatic rings. The molecule has 1 fully saturated rings. The molecular weight excluding hydrogens is 216 g/mol. The number of carboxylic acids is 1. The van der Waals surface area contributed by atoms with E-state index >= 15 is 0 Å². The zero-order chi connectivity index (χ0) is 12.3. The number of hydrogen-bond acceptors (Lipinski definition) is 3. The molecule has 0 aromatic rings. The first-order valence-corrected chi connectivity index (χ1v) is 4.96. The van der Waals surface area contributed by atoms with Gasteiger partial charge < -0.3 is 20.4 Å². The quantitative estimate of drug-likeness (QED) is 0.618. The average molecular weight is 230 g/mol. The number of carbonyl (C=O) groups excluding carboxylic acids is 1. The van der Waals surface area contributed by atoms with Gasteiger partial charge in [-0.05, 0) is 19.8 Å². The van der Waals surface area contributed by atoms with Crippen molar-refractivity contribution in [2.24, 2.45) is 0 Å². The van der Waals surface area contributed by atoms with Crippen LogP contribution >= 0.6 is 0 Å². The van der Waals surface area contributed by atoms with Gasteiger partial charge in [0.2, 0.25) is 5.91 Å². The van der Waals surface area contributed by atoms with Crippen molar-refractivity contribution in [1.29, 1.82) is 0 Å². The zero-order valence-electron chi connectivity index (χ0n) is 8.84. The van der Waals surface area contributed by atoms with Crippen LogP contribution in [0.25, 0.3) is 0 Å². The number of carboxylic acid groups (broad SMARTS) is 2. The zero-order valence-corrected chi connectivity index (χ0v) is 8.84. The van der Waals surface area contributed by atoms with E-state index in [0.29, 0.717) is 19.4 Å². The summed E-state index contributed by atoms with van der Waals surface area (Å²) in [5.41, 5.74) is 0. The summed E-state index contributed by atoms with van der Waals surface area (Å²) in [6.45, 7) is 1.76. The first-order valence-electron chi connectivity index (χ1n) is 4.96. The smallest absolute Gasteiger partial charge is 0.405 e. The third-order valence-electron chi connectivity index (χ3n) is 2.53. The van der Waals surface area contributed by atoms with E-state index in [9.17, 15) is 14.4 Å². The van der Waals surface area contributed by atoms with Gasteiger partial charge in [-0.25, -0.2) is 9.59 Å². The van der Waals surface area contributed by atoms with Crippen molar-refractivity contribution in [2.45, 2.75) is 31.8 Å². The van der Waals surface area contributed by atoms with E-state index in [-0.39, 0.29) is 0 Å². The Morgan fingerprint density at radius 2 is 2.00 bits per heavy atom. The van der Waals surface area contributed by atoms with Crippen molar-refractivity contribution >= 4 is 18.0 Å². The molecule has 7 heteroatoms. The van der Waals surface area contributed by atoms with Gasteiger partial charge in [-0.1, -0.05) is 0 Å². The van der Waals surface area contributed by atoms with E-state index in [1.807, 2.05) is 5.32 Å². The van der Waals surface area contributed by atoms with E-state index in [1.165, 1.54) is 11.8 Å². The largest absolute Gasteiger partial charge is 0.480 e. The maximum atomic E-state index is 11.7. The lowest BCUT2D eigenvalue weighted by Gasteiger charge is -2.24. The average Bonchev–Trinajstić information content (AvgIpc) is 2.63. The molecule has 1 rings (SSSR count). The van der Waals surface area contributed by atoms with Crippen LogP contribution in [-0.2, 0) is 9.59 Å². The molecule has 2 atom stereocenters. The number of likely N-dealkylation sites (tertiary alicyclic amines) is 1. The maximum absolute atomic E-state index is 11.7. The molecule has 2 amide bonds. The predicted molar refractivity (Wildman–Crippen MR) is 53.0 cm³/mol. The number of carbonyl (C=O) groups is 3. The van der Waals surface area contributed by atoms with Gasteiger partial charge in [0.15, 0.2) is 0 Å². The van der Waals surface area contributed by atoms with Gasteiger partial charge in [-0.15, -0.1) is 0 Å². The number of amides is 2. The lowest BCUT2D eigenvalue weighted by atomic mass is 10.2. The molecule has 16 heavy (non-hydrogen) atoms. The first-order chi connectivity index (χ1) is 7.43. The Morgan fingerprint density at radius 1 is 1.38 bits per heavy atom. The highest BCUT2D eigenvalue weighted by Crippen LogP contribution is 2.18. The topological polar surface area (TPSA) is 107 Å². The van der Waals surface area contributed by atoms with Gasteiger partial charge >= 0.3 is 12.1 Å². The second-order valence-corrected chi connectivity index (χ2v) is 3.70. The van der Waals surface area contributed by atoms with E-state index in [2.05, 4.69) is 0 Å². The Morgan fingerprint density at radius 3 is 2.50 bits per heavy atom. The molecule has 2 unspecified atom stereocenters. The molecule has 0 saturated carbocycles. The summed E-state index contributed by atoms with van der Waals surface area (Å²) in [5, 5.41) is 19.3. The molecule has 1 aliphatic heterocycles.